The highest BCUT2D eigenvalue weighted by molar-refractivity contribution is 5.89. The van der Waals surface area contributed by atoms with Crippen LogP contribution in [0.4, 0.5) is 0 Å². The van der Waals surface area contributed by atoms with Gasteiger partial charge in [-0.1, -0.05) is 84.0 Å². The Morgan fingerprint density at radius 1 is 1.00 bits per heavy atom. The van der Waals surface area contributed by atoms with Crippen LogP contribution in [0.2, 0.25) is 0 Å². The van der Waals surface area contributed by atoms with Crippen molar-refractivity contribution >= 4 is 12.0 Å². The molecule has 1 unspecified atom stereocenters. The highest BCUT2D eigenvalue weighted by Crippen LogP contribution is 2.46. The minimum atomic E-state index is -0.870. The van der Waals surface area contributed by atoms with Crippen LogP contribution in [-0.2, 0) is 10.8 Å². The first-order valence-corrected chi connectivity index (χ1v) is 11.6. The molecule has 2 heteroatoms. The van der Waals surface area contributed by atoms with Crippen molar-refractivity contribution in [3.63, 3.8) is 0 Å². The van der Waals surface area contributed by atoms with Crippen LogP contribution in [0.5, 0.6) is 0 Å². The third-order valence-corrected chi connectivity index (χ3v) is 7.03. The van der Waals surface area contributed by atoms with Crippen LogP contribution >= 0.6 is 0 Å². The van der Waals surface area contributed by atoms with Gasteiger partial charge in [0.05, 0.1) is 5.56 Å². The van der Waals surface area contributed by atoms with Crippen molar-refractivity contribution in [3.8, 4) is 0 Å². The van der Waals surface area contributed by atoms with Gasteiger partial charge in [-0.15, -0.1) is 0 Å². The fraction of sp³-hybridized carbons (Fsp3) is 0.483. The van der Waals surface area contributed by atoms with Crippen molar-refractivity contribution in [2.75, 3.05) is 0 Å². The summed E-state index contributed by atoms with van der Waals surface area (Å²) in [7, 11) is 0. The molecule has 1 aliphatic carbocycles. The van der Waals surface area contributed by atoms with E-state index in [1.807, 2.05) is 19.1 Å². The highest BCUT2D eigenvalue weighted by Gasteiger charge is 2.37. The molecular formula is C29H38O2. The Hall–Kier alpha value is -2.35. The zero-order valence-corrected chi connectivity index (χ0v) is 20.3. The predicted molar refractivity (Wildman–Crippen MR) is 131 cm³/mol. The molecule has 1 N–H and O–H groups in total. The lowest BCUT2D eigenvalue weighted by atomic mass is 9.62. The van der Waals surface area contributed by atoms with Crippen LogP contribution in [0.3, 0.4) is 0 Å². The van der Waals surface area contributed by atoms with E-state index >= 15 is 0 Å². The first-order chi connectivity index (χ1) is 14.4. The molecular weight excluding hydrogens is 380 g/mol. The van der Waals surface area contributed by atoms with Gasteiger partial charge in [0.15, 0.2) is 0 Å². The van der Waals surface area contributed by atoms with Gasteiger partial charge in [-0.2, -0.15) is 0 Å². The second kappa shape index (κ2) is 8.65. The second-order valence-corrected chi connectivity index (χ2v) is 11.0. The molecule has 0 aliphatic heterocycles. The van der Waals surface area contributed by atoms with E-state index in [0.29, 0.717) is 17.4 Å². The molecule has 1 atom stereocenters. The van der Waals surface area contributed by atoms with Crippen LogP contribution in [0.25, 0.3) is 6.08 Å². The average molecular weight is 419 g/mol. The summed E-state index contributed by atoms with van der Waals surface area (Å²) in [5.74, 6) is 0.0576. The summed E-state index contributed by atoms with van der Waals surface area (Å²) in [5, 5.41) is 9.28. The summed E-state index contributed by atoms with van der Waals surface area (Å²) in [6, 6.07) is 12.7. The van der Waals surface area contributed by atoms with Crippen LogP contribution in [0, 0.1) is 12.8 Å². The van der Waals surface area contributed by atoms with Crippen LogP contribution in [0.1, 0.15) is 105 Å². The SMILES string of the molecule is Cc1cc(C=CC(CC(C)C)c2ccc3c(c2)C(C)(C)CCC3(C)C)ccc1C(=O)O. The van der Waals surface area contributed by atoms with E-state index in [0.717, 1.165) is 17.5 Å². The number of carboxylic acid groups (broad SMARTS) is 1. The van der Waals surface area contributed by atoms with Crippen LogP contribution in [-0.4, -0.2) is 11.1 Å². The van der Waals surface area contributed by atoms with Crippen LogP contribution in [0.15, 0.2) is 42.5 Å². The molecule has 0 radical (unpaired) electrons. The Kier molecular flexibility index (Phi) is 6.51. The normalized spacial score (nSPS) is 18.2. The molecule has 2 nitrogen and oxygen atoms in total. The van der Waals surface area contributed by atoms with Crippen molar-refractivity contribution in [3.05, 3.63) is 75.9 Å². The molecule has 2 aromatic carbocycles. The summed E-state index contributed by atoms with van der Waals surface area (Å²) in [4.78, 5) is 11.3. The summed E-state index contributed by atoms with van der Waals surface area (Å²) in [5.41, 5.74) is 7.05. The molecule has 0 fully saturated rings. The highest BCUT2D eigenvalue weighted by atomic mass is 16.4. The Balaban J connectivity index is 1.98. The fourth-order valence-electron chi connectivity index (χ4n) is 4.93. The lowest BCUT2D eigenvalue weighted by molar-refractivity contribution is 0.0696. The lowest BCUT2D eigenvalue weighted by Crippen LogP contribution is -2.34. The number of rotatable bonds is 6. The van der Waals surface area contributed by atoms with Crippen molar-refractivity contribution in [2.45, 2.75) is 84.5 Å². The Morgan fingerprint density at radius 2 is 1.65 bits per heavy atom. The van der Waals surface area contributed by atoms with Crippen molar-refractivity contribution in [1.82, 2.24) is 0 Å². The molecule has 0 spiro atoms. The average Bonchev–Trinajstić information content (AvgIpc) is 2.68. The van der Waals surface area contributed by atoms with Gasteiger partial charge in [0, 0.05) is 5.92 Å². The molecule has 2 aromatic rings. The maximum atomic E-state index is 11.3. The standard InChI is InChI=1S/C29H38O2/c1-19(2)16-22(10-8-21-9-12-24(27(30)31)20(3)17-21)23-11-13-25-26(18-23)29(6,7)15-14-28(25,4)5/h8-13,17-19,22H,14-16H2,1-7H3,(H,30,31). The lowest BCUT2D eigenvalue weighted by Gasteiger charge is -2.42. The van der Waals surface area contributed by atoms with Crippen molar-refractivity contribution < 1.29 is 9.90 Å². The third-order valence-electron chi connectivity index (χ3n) is 7.03. The van der Waals surface area contributed by atoms with Gasteiger partial charge in [-0.3, -0.25) is 0 Å². The molecule has 166 valence electrons. The largest absolute Gasteiger partial charge is 0.478 e. The number of carboxylic acids is 1. The summed E-state index contributed by atoms with van der Waals surface area (Å²) >= 11 is 0. The number of allylic oxidation sites excluding steroid dienone is 1. The molecule has 0 amide bonds. The number of hydrogen-bond acceptors (Lipinski definition) is 1. The first-order valence-electron chi connectivity index (χ1n) is 11.6. The smallest absolute Gasteiger partial charge is 0.335 e. The summed E-state index contributed by atoms with van der Waals surface area (Å²) in [6.07, 6.45) is 7.99. The van der Waals surface area contributed by atoms with E-state index in [1.54, 1.807) is 6.07 Å². The zero-order valence-electron chi connectivity index (χ0n) is 20.3. The van der Waals surface area contributed by atoms with E-state index in [4.69, 9.17) is 0 Å². The third kappa shape index (κ3) is 5.11. The quantitative estimate of drug-likeness (QED) is 0.518. The molecule has 31 heavy (non-hydrogen) atoms. The van der Waals surface area contributed by atoms with E-state index < -0.39 is 5.97 Å². The van der Waals surface area contributed by atoms with E-state index in [1.165, 1.54) is 29.5 Å². The monoisotopic (exact) mass is 418 g/mol. The Morgan fingerprint density at radius 3 is 2.23 bits per heavy atom. The number of aryl methyl sites for hydroxylation is 1. The maximum absolute atomic E-state index is 11.3. The van der Waals surface area contributed by atoms with Gasteiger partial charge in [0.1, 0.15) is 0 Å². The summed E-state index contributed by atoms with van der Waals surface area (Å²) < 4.78 is 0. The van der Waals surface area contributed by atoms with Gasteiger partial charge < -0.3 is 5.11 Å². The number of benzene rings is 2. The van der Waals surface area contributed by atoms with Gasteiger partial charge >= 0.3 is 5.97 Å². The number of aromatic carboxylic acids is 1. The van der Waals surface area contributed by atoms with Gasteiger partial charge in [0.25, 0.3) is 0 Å². The van der Waals surface area contributed by atoms with Gasteiger partial charge in [-0.25, -0.2) is 4.79 Å². The Bertz CT molecular complexity index is 992. The Labute approximate surface area is 188 Å². The minimum Gasteiger partial charge on any atom is -0.478 e. The topological polar surface area (TPSA) is 37.3 Å². The maximum Gasteiger partial charge on any atom is 0.335 e. The molecule has 0 saturated carbocycles. The van der Waals surface area contributed by atoms with Gasteiger partial charge in [0.2, 0.25) is 0 Å². The van der Waals surface area contributed by atoms with Crippen molar-refractivity contribution in [2.24, 2.45) is 5.92 Å². The number of fused-ring (bicyclic) bond motifs is 1. The summed E-state index contributed by atoms with van der Waals surface area (Å²) in [6.45, 7) is 15.9. The molecule has 1 aliphatic rings. The number of carbonyl (C=O) groups is 1. The molecule has 3 rings (SSSR count). The first kappa shape index (κ1) is 23.3. The van der Waals surface area contributed by atoms with Crippen LogP contribution < -0.4 is 0 Å². The predicted octanol–water partition coefficient (Wildman–Crippen LogP) is 7.89. The molecule has 0 bridgehead atoms. The van der Waals surface area contributed by atoms with E-state index in [9.17, 15) is 9.90 Å². The van der Waals surface area contributed by atoms with Gasteiger partial charge in [-0.05, 0) is 76.8 Å². The molecule has 0 aromatic heterocycles. The van der Waals surface area contributed by atoms with Crippen molar-refractivity contribution in [1.29, 1.82) is 0 Å². The second-order valence-electron chi connectivity index (χ2n) is 11.0. The number of hydrogen-bond donors (Lipinski definition) is 1. The van der Waals surface area contributed by atoms with E-state index in [2.05, 4.69) is 71.9 Å². The molecule has 0 heterocycles. The van der Waals surface area contributed by atoms with E-state index in [-0.39, 0.29) is 10.8 Å². The molecule has 0 saturated heterocycles. The fourth-order valence-corrected chi connectivity index (χ4v) is 4.93. The minimum absolute atomic E-state index is 0.205. The zero-order chi connectivity index (χ0) is 23.0.